The fourth-order valence-electron chi connectivity index (χ4n) is 2.40. The van der Waals surface area contributed by atoms with E-state index < -0.39 is 0 Å². The summed E-state index contributed by atoms with van der Waals surface area (Å²) in [5.41, 5.74) is 0. The van der Waals surface area contributed by atoms with Crippen molar-refractivity contribution in [2.45, 2.75) is 25.8 Å². The van der Waals surface area contributed by atoms with Crippen LogP contribution in [0, 0.1) is 6.92 Å². The van der Waals surface area contributed by atoms with Gasteiger partial charge in [0.2, 0.25) is 0 Å². The van der Waals surface area contributed by atoms with Gasteiger partial charge in [-0.1, -0.05) is 0 Å². The number of nitrogens with zero attached hydrogens (tertiary/aromatic N) is 4. The lowest BCUT2D eigenvalue weighted by Gasteiger charge is -2.32. The number of carbonyl (C=O) groups is 1. The predicted molar refractivity (Wildman–Crippen MR) is 86.1 cm³/mol. The summed E-state index contributed by atoms with van der Waals surface area (Å²) in [6.07, 6.45) is 6.80. The van der Waals surface area contributed by atoms with E-state index in [-0.39, 0.29) is 6.03 Å². The lowest BCUT2D eigenvalue weighted by atomic mass is 10.1. The third-order valence-electron chi connectivity index (χ3n) is 3.55. The number of thiazole rings is 1. The molecule has 3 rings (SSSR count). The van der Waals surface area contributed by atoms with Gasteiger partial charge in [0, 0.05) is 36.4 Å². The van der Waals surface area contributed by atoms with Crippen LogP contribution in [0.5, 0.6) is 0 Å². The molecule has 8 heteroatoms. The van der Waals surface area contributed by atoms with E-state index in [0.29, 0.717) is 11.2 Å². The molecule has 0 aromatic carbocycles. The van der Waals surface area contributed by atoms with E-state index >= 15 is 0 Å². The number of hydrogen-bond donors (Lipinski definition) is 2. The average molecular weight is 318 g/mol. The Labute approximate surface area is 132 Å². The second-order valence-corrected chi connectivity index (χ2v) is 6.44. The van der Waals surface area contributed by atoms with E-state index in [0.717, 1.165) is 36.6 Å². The first kappa shape index (κ1) is 14.7. The molecule has 0 bridgehead atoms. The molecule has 0 saturated carbocycles. The maximum Gasteiger partial charge on any atom is 0.323 e. The minimum atomic E-state index is -0.0742. The van der Waals surface area contributed by atoms with Crippen LogP contribution in [-0.4, -0.2) is 45.0 Å². The van der Waals surface area contributed by atoms with Crippen LogP contribution in [0.25, 0.3) is 0 Å². The van der Waals surface area contributed by atoms with Crippen LogP contribution >= 0.6 is 11.3 Å². The number of rotatable bonds is 3. The van der Waals surface area contributed by atoms with Gasteiger partial charge in [0.15, 0.2) is 5.13 Å². The lowest BCUT2D eigenvalue weighted by molar-refractivity contribution is 0.197. The summed E-state index contributed by atoms with van der Waals surface area (Å²) in [6.45, 7) is 3.41. The fourth-order valence-corrected chi connectivity index (χ4v) is 3.05. The number of anilines is 2. The van der Waals surface area contributed by atoms with Gasteiger partial charge in [0.1, 0.15) is 12.1 Å². The summed E-state index contributed by atoms with van der Waals surface area (Å²) < 4.78 is 0. The van der Waals surface area contributed by atoms with Crippen LogP contribution < -0.4 is 10.6 Å². The van der Waals surface area contributed by atoms with Gasteiger partial charge in [-0.3, -0.25) is 5.32 Å². The van der Waals surface area contributed by atoms with Crippen molar-refractivity contribution in [3.63, 3.8) is 0 Å². The average Bonchev–Trinajstić information content (AvgIpc) is 2.94. The van der Waals surface area contributed by atoms with Gasteiger partial charge in [-0.2, -0.15) is 0 Å². The summed E-state index contributed by atoms with van der Waals surface area (Å²) in [4.78, 5) is 27.3. The van der Waals surface area contributed by atoms with Gasteiger partial charge < -0.3 is 10.2 Å². The summed E-state index contributed by atoms with van der Waals surface area (Å²) in [6, 6.07) is 2.11. The molecule has 0 atom stereocenters. The fraction of sp³-hybridized carbons (Fsp3) is 0.429. The van der Waals surface area contributed by atoms with Crippen molar-refractivity contribution in [3.8, 4) is 0 Å². The number of aromatic nitrogens is 3. The van der Waals surface area contributed by atoms with Crippen LogP contribution in [0.15, 0.2) is 24.8 Å². The highest BCUT2D eigenvalue weighted by Gasteiger charge is 2.23. The molecule has 0 spiro atoms. The van der Waals surface area contributed by atoms with E-state index in [9.17, 15) is 4.79 Å². The first-order chi connectivity index (χ1) is 10.7. The molecule has 2 aromatic heterocycles. The molecule has 2 amide bonds. The highest BCUT2D eigenvalue weighted by molar-refractivity contribution is 7.15. The molecule has 1 aliphatic heterocycles. The molecule has 1 saturated heterocycles. The second-order valence-electron chi connectivity index (χ2n) is 5.21. The molecule has 3 heterocycles. The Hall–Kier alpha value is -2.22. The van der Waals surface area contributed by atoms with E-state index in [2.05, 4.69) is 25.6 Å². The normalized spacial score (nSPS) is 15.6. The van der Waals surface area contributed by atoms with Gasteiger partial charge in [0.05, 0.1) is 0 Å². The zero-order valence-corrected chi connectivity index (χ0v) is 13.1. The third-order valence-corrected chi connectivity index (χ3v) is 4.38. The molecular formula is C14H18N6OS. The van der Waals surface area contributed by atoms with Crippen LogP contribution in [0.1, 0.15) is 17.7 Å². The van der Waals surface area contributed by atoms with Crippen molar-refractivity contribution in [3.05, 3.63) is 29.7 Å². The van der Waals surface area contributed by atoms with Crippen molar-refractivity contribution >= 4 is 28.3 Å². The van der Waals surface area contributed by atoms with E-state index in [1.807, 2.05) is 17.9 Å². The van der Waals surface area contributed by atoms with Crippen molar-refractivity contribution < 1.29 is 4.79 Å². The number of hydrogen-bond acceptors (Lipinski definition) is 6. The quantitative estimate of drug-likeness (QED) is 0.907. The third kappa shape index (κ3) is 3.70. The van der Waals surface area contributed by atoms with Crippen molar-refractivity contribution in [1.82, 2.24) is 19.9 Å². The Bertz CT molecular complexity index is 623. The number of urea groups is 1. The summed E-state index contributed by atoms with van der Waals surface area (Å²) in [5.74, 6) is 0.830. The Balaban J connectivity index is 1.48. The molecule has 0 radical (unpaired) electrons. The lowest BCUT2D eigenvalue weighted by Crippen LogP contribution is -2.44. The van der Waals surface area contributed by atoms with Crippen LogP contribution in [0.2, 0.25) is 0 Å². The molecule has 2 aromatic rings. The molecule has 1 aliphatic rings. The van der Waals surface area contributed by atoms with Crippen LogP contribution in [0.3, 0.4) is 0 Å². The number of piperidine rings is 1. The smallest absolute Gasteiger partial charge is 0.323 e. The molecule has 0 unspecified atom stereocenters. The van der Waals surface area contributed by atoms with Crippen molar-refractivity contribution in [2.24, 2.45) is 0 Å². The maximum atomic E-state index is 12.2. The molecule has 22 heavy (non-hydrogen) atoms. The molecule has 116 valence electrons. The molecule has 2 N–H and O–H groups in total. The summed E-state index contributed by atoms with van der Waals surface area (Å²) >= 11 is 1.49. The first-order valence-corrected chi connectivity index (χ1v) is 8.03. The standard InChI is InChI=1S/C14H18N6OS/c1-10-8-16-13(22-10)19-14(21)20-6-3-11(4-7-20)18-12-2-5-15-9-17-12/h2,5,8-9,11H,3-4,6-7H2,1H3,(H,15,17,18)(H,16,19,21). The van der Waals surface area contributed by atoms with Gasteiger partial charge >= 0.3 is 6.03 Å². The van der Waals surface area contributed by atoms with Gasteiger partial charge in [-0.25, -0.2) is 19.7 Å². The number of aryl methyl sites for hydroxylation is 1. The Morgan fingerprint density at radius 2 is 2.18 bits per heavy atom. The number of amides is 2. The number of carbonyl (C=O) groups excluding carboxylic acids is 1. The van der Waals surface area contributed by atoms with Gasteiger partial charge in [-0.15, -0.1) is 11.3 Å². The molecule has 7 nitrogen and oxygen atoms in total. The van der Waals surface area contributed by atoms with Crippen LogP contribution in [0.4, 0.5) is 15.7 Å². The predicted octanol–water partition coefficient (Wildman–Crippen LogP) is 2.35. The maximum absolute atomic E-state index is 12.2. The Morgan fingerprint density at radius 1 is 1.36 bits per heavy atom. The molecule has 1 fully saturated rings. The highest BCUT2D eigenvalue weighted by atomic mass is 32.1. The first-order valence-electron chi connectivity index (χ1n) is 7.21. The molecule has 0 aliphatic carbocycles. The van der Waals surface area contributed by atoms with E-state index in [1.165, 1.54) is 17.7 Å². The topological polar surface area (TPSA) is 83.0 Å². The van der Waals surface area contributed by atoms with Crippen molar-refractivity contribution in [2.75, 3.05) is 23.7 Å². The van der Waals surface area contributed by atoms with E-state index in [4.69, 9.17) is 0 Å². The van der Waals surface area contributed by atoms with Crippen molar-refractivity contribution in [1.29, 1.82) is 0 Å². The molecular weight excluding hydrogens is 300 g/mol. The van der Waals surface area contributed by atoms with Crippen LogP contribution in [-0.2, 0) is 0 Å². The minimum Gasteiger partial charge on any atom is -0.367 e. The minimum absolute atomic E-state index is 0.0742. The SMILES string of the molecule is Cc1cnc(NC(=O)N2CCC(Nc3ccncn3)CC2)s1. The number of likely N-dealkylation sites (tertiary alicyclic amines) is 1. The zero-order chi connectivity index (χ0) is 15.4. The summed E-state index contributed by atoms with van der Waals surface area (Å²) in [5, 5.41) is 6.88. The second kappa shape index (κ2) is 6.69. The summed E-state index contributed by atoms with van der Waals surface area (Å²) in [7, 11) is 0. The number of nitrogens with one attached hydrogen (secondary N) is 2. The van der Waals surface area contributed by atoms with Gasteiger partial charge in [-0.05, 0) is 25.8 Å². The van der Waals surface area contributed by atoms with E-state index in [1.54, 1.807) is 12.4 Å². The highest BCUT2D eigenvalue weighted by Crippen LogP contribution is 2.19. The van der Waals surface area contributed by atoms with Gasteiger partial charge in [0.25, 0.3) is 0 Å². The monoisotopic (exact) mass is 318 g/mol. The Kier molecular flexibility index (Phi) is 4.47. The Morgan fingerprint density at radius 3 is 2.82 bits per heavy atom. The zero-order valence-electron chi connectivity index (χ0n) is 12.3. The largest absolute Gasteiger partial charge is 0.367 e.